The molecule has 3 fully saturated rings. The van der Waals surface area contributed by atoms with E-state index in [1.807, 2.05) is 6.07 Å². The highest BCUT2D eigenvalue weighted by Gasteiger charge is 2.44. The first-order valence-corrected chi connectivity index (χ1v) is 10.8. The molecule has 1 aromatic rings. The highest BCUT2D eigenvalue weighted by Crippen LogP contribution is 2.31. The molecular weight excluding hydrogens is 384 g/mol. The molecule has 0 radical (unpaired) electrons. The number of imide groups is 2. The highest BCUT2D eigenvalue weighted by molar-refractivity contribution is 6.23. The smallest absolute Gasteiger partial charge is 0.262 e. The Morgan fingerprint density at radius 2 is 1.80 bits per heavy atom. The Hall–Kier alpha value is -2.58. The molecule has 158 valence electrons. The Labute approximate surface area is 175 Å². The van der Waals surface area contributed by atoms with Crippen LogP contribution in [0.4, 0.5) is 0 Å². The molecular formula is C22H26N4O4. The zero-order chi connectivity index (χ0) is 20.8. The van der Waals surface area contributed by atoms with Gasteiger partial charge in [-0.25, -0.2) is 0 Å². The molecule has 4 aliphatic heterocycles. The number of nitrogens with zero attached hydrogens (tertiary/aromatic N) is 2. The lowest BCUT2D eigenvalue weighted by Crippen LogP contribution is -2.54. The standard InChI is InChI=1S/C22H26N4O4/c27-19-4-3-18(20(28)24-19)26-21(29)16-2-1-13(9-17(16)22(26)30)11-25-8-6-14-10-23-7-5-15(14)12-25/h1-2,9,14-15,18,23H,3-8,10-12H2,(H,24,27,28). The summed E-state index contributed by atoms with van der Waals surface area (Å²) in [6, 6.07) is 4.49. The normalized spacial score (nSPS) is 29.6. The first-order valence-electron chi connectivity index (χ1n) is 10.8. The molecule has 8 nitrogen and oxygen atoms in total. The summed E-state index contributed by atoms with van der Waals surface area (Å²) in [5, 5.41) is 5.71. The number of hydrogen-bond donors (Lipinski definition) is 2. The first kappa shape index (κ1) is 19.4. The van der Waals surface area contributed by atoms with Crippen molar-refractivity contribution in [2.75, 3.05) is 26.2 Å². The molecule has 5 rings (SSSR count). The minimum Gasteiger partial charge on any atom is -0.316 e. The summed E-state index contributed by atoms with van der Waals surface area (Å²) in [6.45, 7) is 5.06. The quantitative estimate of drug-likeness (QED) is 0.705. The van der Waals surface area contributed by atoms with Gasteiger partial charge in [0.25, 0.3) is 11.8 Å². The fourth-order valence-corrected chi connectivity index (χ4v) is 5.35. The van der Waals surface area contributed by atoms with Crippen molar-refractivity contribution in [3.05, 3.63) is 34.9 Å². The van der Waals surface area contributed by atoms with Crippen molar-refractivity contribution in [2.45, 2.75) is 38.3 Å². The summed E-state index contributed by atoms with van der Waals surface area (Å²) >= 11 is 0. The molecule has 4 aliphatic rings. The maximum Gasteiger partial charge on any atom is 0.262 e. The van der Waals surface area contributed by atoms with E-state index in [4.69, 9.17) is 0 Å². The Kier molecular flexibility index (Phi) is 4.91. The lowest BCUT2D eigenvalue weighted by molar-refractivity contribution is -0.136. The van der Waals surface area contributed by atoms with Crippen molar-refractivity contribution in [1.29, 1.82) is 0 Å². The molecule has 1 aromatic carbocycles. The van der Waals surface area contributed by atoms with E-state index in [1.165, 1.54) is 12.8 Å². The Bertz CT molecular complexity index is 930. The summed E-state index contributed by atoms with van der Waals surface area (Å²) in [5.41, 5.74) is 1.71. The van der Waals surface area contributed by atoms with Crippen molar-refractivity contribution in [3.63, 3.8) is 0 Å². The van der Waals surface area contributed by atoms with Crippen LogP contribution in [0.2, 0.25) is 0 Å². The topological polar surface area (TPSA) is 98.8 Å². The number of nitrogens with one attached hydrogen (secondary N) is 2. The number of benzene rings is 1. The van der Waals surface area contributed by atoms with Gasteiger partial charge >= 0.3 is 0 Å². The maximum atomic E-state index is 13.0. The average molecular weight is 410 g/mol. The van der Waals surface area contributed by atoms with Crippen molar-refractivity contribution < 1.29 is 19.2 Å². The van der Waals surface area contributed by atoms with E-state index in [-0.39, 0.29) is 18.7 Å². The van der Waals surface area contributed by atoms with Gasteiger partial charge in [0.05, 0.1) is 11.1 Å². The highest BCUT2D eigenvalue weighted by atomic mass is 16.2. The first-order chi connectivity index (χ1) is 14.5. The van der Waals surface area contributed by atoms with Gasteiger partial charge in [0, 0.05) is 19.5 Å². The molecule has 4 heterocycles. The fourth-order valence-electron chi connectivity index (χ4n) is 5.35. The van der Waals surface area contributed by atoms with Crippen LogP contribution in [0.15, 0.2) is 18.2 Å². The van der Waals surface area contributed by atoms with Crippen LogP contribution < -0.4 is 10.6 Å². The second kappa shape index (κ2) is 7.59. The number of amides is 4. The molecule has 8 heteroatoms. The molecule has 30 heavy (non-hydrogen) atoms. The Morgan fingerprint density at radius 1 is 0.967 bits per heavy atom. The zero-order valence-corrected chi connectivity index (χ0v) is 16.9. The van der Waals surface area contributed by atoms with Crippen LogP contribution in [0.3, 0.4) is 0 Å². The van der Waals surface area contributed by atoms with E-state index in [1.54, 1.807) is 12.1 Å². The van der Waals surface area contributed by atoms with Gasteiger partial charge in [-0.1, -0.05) is 6.07 Å². The largest absolute Gasteiger partial charge is 0.316 e. The molecule has 0 aromatic heterocycles. The van der Waals surface area contributed by atoms with E-state index in [0.717, 1.165) is 55.0 Å². The molecule has 3 saturated heterocycles. The predicted molar refractivity (Wildman–Crippen MR) is 107 cm³/mol. The van der Waals surface area contributed by atoms with Gasteiger partial charge in [0.15, 0.2) is 0 Å². The number of hydrogen-bond acceptors (Lipinski definition) is 6. The molecule has 3 unspecified atom stereocenters. The van der Waals surface area contributed by atoms with E-state index < -0.39 is 23.8 Å². The third-order valence-electron chi connectivity index (χ3n) is 6.98. The van der Waals surface area contributed by atoms with Gasteiger partial charge < -0.3 is 5.32 Å². The number of piperidine rings is 3. The molecule has 0 bridgehead atoms. The maximum absolute atomic E-state index is 13.0. The summed E-state index contributed by atoms with van der Waals surface area (Å²) in [5.74, 6) is -0.356. The van der Waals surface area contributed by atoms with Crippen molar-refractivity contribution in [3.8, 4) is 0 Å². The van der Waals surface area contributed by atoms with E-state index in [9.17, 15) is 19.2 Å². The number of likely N-dealkylation sites (tertiary alicyclic amines) is 1. The SMILES string of the molecule is O=C1CCC(N2C(=O)c3ccc(CN4CCC5CNCCC5C4)cc3C2=O)C(=O)N1. The molecule has 2 N–H and O–H groups in total. The van der Waals surface area contributed by atoms with Crippen molar-refractivity contribution >= 4 is 23.6 Å². The molecule has 0 spiro atoms. The van der Waals surface area contributed by atoms with Gasteiger partial charge in [-0.3, -0.25) is 34.3 Å². The van der Waals surface area contributed by atoms with Gasteiger partial charge in [0.1, 0.15) is 6.04 Å². The van der Waals surface area contributed by atoms with Crippen LogP contribution in [0.25, 0.3) is 0 Å². The number of carbonyl (C=O) groups is 4. The number of rotatable bonds is 3. The second-order valence-corrected chi connectivity index (χ2v) is 8.86. The van der Waals surface area contributed by atoms with Crippen molar-refractivity contribution in [2.24, 2.45) is 11.8 Å². The summed E-state index contributed by atoms with van der Waals surface area (Å²) in [6.07, 6.45) is 2.69. The second-order valence-electron chi connectivity index (χ2n) is 8.86. The van der Waals surface area contributed by atoms with Gasteiger partial charge in [-0.2, -0.15) is 0 Å². The fraction of sp³-hybridized carbons (Fsp3) is 0.545. The van der Waals surface area contributed by atoms with Gasteiger partial charge in [0.2, 0.25) is 11.8 Å². The molecule has 4 amide bonds. The number of carbonyl (C=O) groups excluding carboxylic acids is 4. The average Bonchev–Trinajstić information content (AvgIpc) is 2.98. The van der Waals surface area contributed by atoms with Crippen molar-refractivity contribution in [1.82, 2.24) is 20.4 Å². The van der Waals surface area contributed by atoms with Gasteiger partial charge in [-0.15, -0.1) is 0 Å². The third kappa shape index (κ3) is 3.33. The van der Waals surface area contributed by atoms with E-state index in [2.05, 4.69) is 15.5 Å². The Morgan fingerprint density at radius 3 is 2.63 bits per heavy atom. The van der Waals surface area contributed by atoms with Crippen LogP contribution in [-0.2, 0) is 16.1 Å². The zero-order valence-electron chi connectivity index (χ0n) is 16.9. The van der Waals surface area contributed by atoms with Crippen LogP contribution in [0.5, 0.6) is 0 Å². The van der Waals surface area contributed by atoms with Crippen LogP contribution in [0, 0.1) is 11.8 Å². The van der Waals surface area contributed by atoms with E-state index in [0.29, 0.717) is 11.1 Å². The van der Waals surface area contributed by atoms with E-state index >= 15 is 0 Å². The van der Waals surface area contributed by atoms with Gasteiger partial charge in [-0.05, 0) is 68.4 Å². The molecule has 3 atom stereocenters. The third-order valence-corrected chi connectivity index (χ3v) is 6.98. The summed E-state index contributed by atoms with van der Waals surface area (Å²) in [4.78, 5) is 52.9. The summed E-state index contributed by atoms with van der Waals surface area (Å²) in [7, 11) is 0. The lowest BCUT2D eigenvalue weighted by atomic mass is 9.81. The predicted octanol–water partition coefficient (Wildman–Crippen LogP) is 0.519. The number of fused-ring (bicyclic) bond motifs is 2. The molecule has 0 aliphatic carbocycles. The molecule has 0 saturated carbocycles. The van der Waals surface area contributed by atoms with Crippen LogP contribution >= 0.6 is 0 Å². The Balaban J connectivity index is 1.31. The minimum absolute atomic E-state index is 0.127. The van der Waals surface area contributed by atoms with Crippen LogP contribution in [0.1, 0.15) is 52.0 Å². The van der Waals surface area contributed by atoms with Crippen LogP contribution in [-0.4, -0.2) is 65.6 Å². The summed E-state index contributed by atoms with van der Waals surface area (Å²) < 4.78 is 0. The lowest BCUT2D eigenvalue weighted by Gasteiger charge is -2.41. The minimum atomic E-state index is -0.919. The monoisotopic (exact) mass is 410 g/mol.